The topological polar surface area (TPSA) is 30.5 Å². The fraction of sp³-hybridized carbons (Fsp3) is 0.625. The summed E-state index contributed by atoms with van der Waals surface area (Å²) in [6, 6.07) is 7.18. The van der Waals surface area contributed by atoms with Crippen molar-refractivity contribution >= 4 is 0 Å². The van der Waals surface area contributed by atoms with E-state index in [9.17, 15) is 0 Å². The normalized spacial score (nSPS) is 25.9. The molecule has 0 radical (unpaired) electrons. The van der Waals surface area contributed by atoms with E-state index in [1.54, 1.807) is 0 Å². The molecule has 19 heavy (non-hydrogen) atoms. The Labute approximate surface area is 115 Å². The average Bonchev–Trinajstić information content (AvgIpc) is 2.88. The van der Waals surface area contributed by atoms with Crippen LogP contribution in [0.1, 0.15) is 30.9 Å². The van der Waals surface area contributed by atoms with Crippen LogP contribution >= 0.6 is 0 Å². The summed E-state index contributed by atoms with van der Waals surface area (Å²) in [5, 5.41) is 3.47. The number of ether oxygens (including phenoxy) is 2. The maximum atomic E-state index is 5.96. The number of benzene rings is 1. The van der Waals surface area contributed by atoms with Gasteiger partial charge in [-0.1, -0.05) is 12.1 Å². The first-order chi connectivity index (χ1) is 9.31. The van der Waals surface area contributed by atoms with Crippen LogP contribution in [0.5, 0.6) is 5.75 Å². The highest BCUT2D eigenvalue weighted by atomic mass is 16.5. The van der Waals surface area contributed by atoms with E-state index in [-0.39, 0.29) is 0 Å². The molecular weight excluding hydrogens is 238 g/mol. The third kappa shape index (κ3) is 3.28. The molecule has 0 aromatic heterocycles. The molecule has 1 fully saturated rings. The van der Waals surface area contributed by atoms with Crippen LogP contribution in [0.15, 0.2) is 18.2 Å². The van der Waals surface area contributed by atoms with Gasteiger partial charge in [-0.3, -0.25) is 0 Å². The lowest BCUT2D eigenvalue weighted by Gasteiger charge is -2.27. The van der Waals surface area contributed by atoms with Crippen molar-refractivity contribution in [3.05, 3.63) is 29.3 Å². The van der Waals surface area contributed by atoms with Gasteiger partial charge in [0.2, 0.25) is 0 Å². The summed E-state index contributed by atoms with van der Waals surface area (Å²) in [6.07, 6.45) is 4.86. The van der Waals surface area contributed by atoms with Crippen LogP contribution in [0.4, 0.5) is 0 Å². The van der Waals surface area contributed by atoms with Crippen LogP contribution in [0.3, 0.4) is 0 Å². The Morgan fingerprint density at radius 1 is 1.37 bits per heavy atom. The minimum Gasteiger partial charge on any atom is -0.493 e. The zero-order valence-electron chi connectivity index (χ0n) is 11.7. The second-order valence-electron chi connectivity index (χ2n) is 5.67. The molecule has 104 valence electrons. The van der Waals surface area contributed by atoms with Crippen molar-refractivity contribution in [3.8, 4) is 5.75 Å². The molecule has 3 rings (SSSR count). The van der Waals surface area contributed by atoms with E-state index in [0.717, 1.165) is 38.3 Å². The monoisotopic (exact) mass is 261 g/mol. The maximum absolute atomic E-state index is 5.96. The first-order valence-electron chi connectivity index (χ1n) is 7.41. The molecule has 2 aliphatic heterocycles. The zero-order valence-corrected chi connectivity index (χ0v) is 11.7. The lowest BCUT2D eigenvalue weighted by Crippen LogP contribution is -2.41. The van der Waals surface area contributed by atoms with E-state index in [2.05, 4.69) is 30.4 Å². The Bertz CT molecular complexity index is 425. The second-order valence-corrected chi connectivity index (χ2v) is 5.67. The van der Waals surface area contributed by atoms with Gasteiger partial charge in [-0.15, -0.1) is 0 Å². The standard InChI is InChI=1S/C16H23NO2/c1-12-2-4-15(11-17-12)18-8-6-13-3-5-16-14(10-13)7-9-19-16/h3,5,10,12,15,17H,2,4,6-9,11H2,1H3. The summed E-state index contributed by atoms with van der Waals surface area (Å²) in [5.74, 6) is 1.06. The molecule has 2 heterocycles. The second kappa shape index (κ2) is 5.93. The van der Waals surface area contributed by atoms with Gasteiger partial charge in [-0.05, 0) is 43.4 Å². The Morgan fingerprint density at radius 3 is 3.16 bits per heavy atom. The molecule has 0 spiro atoms. The van der Waals surface area contributed by atoms with E-state index in [0.29, 0.717) is 12.1 Å². The number of nitrogens with one attached hydrogen (secondary N) is 1. The highest BCUT2D eigenvalue weighted by Crippen LogP contribution is 2.26. The van der Waals surface area contributed by atoms with Gasteiger partial charge in [0.1, 0.15) is 5.75 Å². The van der Waals surface area contributed by atoms with E-state index in [4.69, 9.17) is 9.47 Å². The third-order valence-electron chi connectivity index (χ3n) is 4.11. The third-order valence-corrected chi connectivity index (χ3v) is 4.11. The van der Waals surface area contributed by atoms with Crippen molar-refractivity contribution in [1.82, 2.24) is 5.32 Å². The van der Waals surface area contributed by atoms with Crippen LogP contribution in [0.25, 0.3) is 0 Å². The van der Waals surface area contributed by atoms with E-state index in [1.807, 2.05) is 0 Å². The SMILES string of the molecule is CC1CCC(OCCc2ccc3c(c2)CCO3)CN1. The van der Waals surface area contributed by atoms with Gasteiger partial charge in [-0.25, -0.2) is 0 Å². The van der Waals surface area contributed by atoms with Crippen molar-refractivity contribution in [2.75, 3.05) is 19.8 Å². The van der Waals surface area contributed by atoms with Crippen molar-refractivity contribution in [2.24, 2.45) is 0 Å². The molecule has 1 saturated heterocycles. The molecule has 0 bridgehead atoms. The minimum absolute atomic E-state index is 0.397. The summed E-state index contributed by atoms with van der Waals surface area (Å²) >= 11 is 0. The predicted molar refractivity (Wildman–Crippen MR) is 75.8 cm³/mol. The predicted octanol–water partition coefficient (Wildman–Crippen LogP) is 2.32. The van der Waals surface area contributed by atoms with Crippen molar-refractivity contribution in [1.29, 1.82) is 0 Å². The van der Waals surface area contributed by atoms with Gasteiger partial charge in [0, 0.05) is 19.0 Å². The Balaban J connectivity index is 1.45. The molecule has 3 heteroatoms. The molecule has 2 unspecified atom stereocenters. The first-order valence-corrected chi connectivity index (χ1v) is 7.41. The van der Waals surface area contributed by atoms with Crippen LogP contribution < -0.4 is 10.1 Å². The van der Waals surface area contributed by atoms with E-state index < -0.39 is 0 Å². The molecule has 1 aromatic rings. The van der Waals surface area contributed by atoms with E-state index in [1.165, 1.54) is 24.0 Å². The number of rotatable bonds is 4. The van der Waals surface area contributed by atoms with E-state index >= 15 is 0 Å². The molecule has 0 amide bonds. The van der Waals surface area contributed by atoms with Crippen molar-refractivity contribution < 1.29 is 9.47 Å². The van der Waals surface area contributed by atoms with Crippen molar-refractivity contribution in [3.63, 3.8) is 0 Å². The molecule has 1 N–H and O–H groups in total. The molecule has 0 aliphatic carbocycles. The molecule has 2 atom stereocenters. The average molecular weight is 261 g/mol. The van der Waals surface area contributed by atoms with Gasteiger partial charge in [0.05, 0.1) is 19.3 Å². The molecule has 3 nitrogen and oxygen atoms in total. The van der Waals surface area contributed by atoms with Gasteiger partial charge in [-0.2, -0.15) is 0 Å². The summed E-state index contributed by atoms with van der Waals surface area (Å²) in [7, 11) is 0. The summed E-state index contributed by atoms with van der Waals surface area (Å²) < 4.78 is 11.5. The van der Waals surface area contributed by atoms with Crippen LogP contribution in [-0.4, -0.2) is 31.9 Å². The fourth-order valence-corrected chi connectivity index (χ4v) is 2.85. The Kier molecular flexibility index (Phi) is 4.04. The van der Waals surface area contributed by atoms with Crippen molar-refractivity contribution in [2.45, 2.75) is 44.8 Å². The Hall–Kier alpha value is -1.06. The Morgan fingerprint density at radius 2 is 2.32 bits per heavy atom. The molecule has 1 aromatic carbocycles. The van der Waals surface area contributed by atoms with Gasteiger partial charge in [0.25, 0.3) is 0 Å². The van der Waals surface area contributed by atoms with Gasteiger partial charge < -0.3 is 14.8 Å². The fourth-order valence-electron chi connectivity index (χ4n) is 2.85. The maximum Gasteiger partial charge on any atom is 0.122 e. The lowest BCUT2D eigenvalue weighted by molar-refractivity contribution is 0.0326. The molecule has 0 saturated carbocycles. The largest absolute Gasteiger partial charge is 0.493 e. The summed E-state index contributed by atoms with van der Waals surface area (Å²) in [5.41, 5.74) is 2.71. The molecule has 2 aliphatic rings. The number of hydrogen-bond acceptors (Lipinski definition) is 3. The summed E-state index contributed by atoms with van der Waals surface area (Å²) in [4.78, 5) is 0. The molecular formula is C16H23NO2. The summed E-state index contributed by atoms with van der Waals surface area (Å²) in [6.45, 7) is 4.89. The zero-order chi connectivity index (χ0) is 13.1. The highest BCUT2D eigenvalue weighted by Gasteiger charge is 2.17. The number of piperidine rings is 1. The van der Waals surface area contributed by atoms with Gasteiger partial charge in [0.15, 0.2) is 0 Å². The number of hydrogen-bond donors (Lipinski definition) is 1. The van der Waals surface area contributed by atoms with Crippen LogP contribution in [-0.2, 0) is 17.6 Å². The number of fused-ring (bicyclic) bond motifs is 1. The minimum atomic E-state index is 0.397. The smallest absolute Gasteiger partial charge is 0.122 e. The van der Waals surface area contributed by atoms with Crippen LogP contribution in [0, 0.1) is 0 Å². The highest BCUT2D eigenvalue weighted by molar-refractivity contribution is 5.39. The quantitative estimate of drug-likeness (QED) is 0.902. The van der Waals surface area contributed by atoms with Gasteiger partial charge >= 0.3 is 0 Å². The van der Waals surface area contributed by atoms with Crippen LogP contribution in [0.2, 0.25) is 0 Å². The lowest BCUT2D eigenvalue weighted by atomic mass is 10.0. The first kappa shape index (κ1) is 12.9.